The molecule has 3 heterocycles. The SMILES string of the molecule is COc1ccc(C(O)=C2C(=O)C(=O)N(Cc3cccnc3)[C@H]2c2ccccn2)cc1C. The number of aliphatic hydroxyl groups is 1. The van der Waals surface area contributed by atoms with Crippen molar-refractivity contribution in [2.45, 2.75) is 19.5 Å². The second-order valence-electron chi connectivity index (χ2n) is 7.23. The fourth-order valence-corrected chi connectivity index (χ4v) is 3.76. The van der Waals surface area contributed by atoms with Crippen LogP contribution in [0.25, 0.3) is 5.76 Å². The van der Waals surface area contributed by atoms with Crippen molar-refractivity contribution < 1.29 is 19.4 Å². The summed E-state index contributed by atoms with van der Waals surface area (Å²) in [6.45, 7) is 2.00. The molecule has 1 fully saturated rings. The van der Waals surface area contributed by atoms with Gasteiger partial charge in [-0.1, -0.05) is 12.1 Å². The summed E-state index contributed by atoms with van der Waals surface area (Å²) in [6.07, 6.45) is 4.87. The number of carbonyl (C=O) groups excluding carboxylic acids is 2. The summed E-state index contributed by atoms with van der Waals surface area (Å²) in [5.41, 5.74) is 2.50. The van der Waals surface area contributed by atoms with Crippen molar-refractivity contribution in [3.63, 3.8) is 0 Å². The van der Waals surface area contributed by atoms with E-state index >= 15 is 0 Å². The summed E-state index contributed by atoms with van der Waals surface area (Å²) < 4.78 is 5.27. The Hall–Kier alpha value is -4.00. The van der Waals surface area contributed by atoms with Crippen molar-refractivity contribution in [3.8, 4) is 5.75 Å². The number of amides is 1. The second kappa shape index (κ2) is 8.39. The third kappa shape index (κ3) is 3.77. The third-order valence-corrected chi connectivity index (χ3v) is 5.25. The van der Waals surface area contributed by atoms with E-state index in [0.29, 0.717) is 17.0 Å². The number of methoxy groups -OCH3 is 1. The molecule has 1 saturated heterocycles. The van der Waals surface area contributed by atoms with Gasteiger partial charge in [-0.3, -0.25) is 19.6 Å². The molecule has 3 aromatic rings. The normalized spacial score (nSPS) is 17.7. The molecule has 1 amide bonds. The summed E-state index contributed by atoms with van der Waals surface area (Å²) in [7, 11) is 1.56. The van der Waals surface area contributed by atoms with Gasteiger partial charge in [0.25, 0.3) is 11.7 Å². The maximum absolute atomic E-state index is 13.0. The van der Waals surface area contributed by atoms with E-state index in [1.54, 1.807) is 68.2 Å². The zero-order valence-corrected chi connectivity index (χ0v) is 17.1. The Morgan fingerprint density at radius 1 is 1.13 bits per heavy atom. The average molecular weight is 415 g/mol. The largest absolute Gasteiger partial charge is 0.507 e. The van der Waals surface area contributed by atoms with Gasteiger partial charge >= 0.3 is 0 Å². The predicted molar refractivity (Wildman–Crippen MR) is 114 cm³/mol. The minimum absolute atomic E-state index is 0.0113. The number of hydrogen-bond donors (Lipinski definition) is 1. The molecule has 7 nitrogen and oxygen atoms in total. The maximum Gasteiger partial charge on any atom is 0.296 e. The summed E-state index contributed by atoms with van der Waals surface area (Å²) in [5, 5.41) is 11.1. The third-order valence-electron chi connectivity index (χ3n) is 5.25. The van der Waals surface area contributed by atoms with Crippen molar-refractivity contribution in [1.29, 1.82) is 0 Å². The Balaban J connectivity index is 1.85. The molecular formula is C24H21N3O4. The molecule has 0 bridgehead atoms. The minimum Gasteiger partial charge on any atom is -0.507 e. The zero-order chi connectivity index (χ0) is 22.0. The van der Waals surface area contributed by atoms with Crippen LogP contribution in [0, 0.1) is 6.92 Å². The topological polar surface area (TPSA) is 92.6 Å². The van der Waals surface area contributed by atoms with Gasteiger partial charge in [0, 0.05) is 30.7 Å². The number of rotatable bonds is 5. The molecule has 0 spiro atoms. The maximum atomic E-state index is 13.0. The van der Waals surface area contributed by atoms with Crippen molar-refractivity contribution in [3.05, 3.63) is 95.1 Å². The number of benzene rings is 1. The van der Waals surface area contributed by atoms with Gasteiger partial charge in [0.2, 0.25) is 0 Å². The standard InChI is InChI=1S/C24H21N3O4/c1-15-12-17(8-9-19(15)31-2)22(28)20-21(18-7-3-4-11-26-18)27(24(30)23(20)29)14-16-6-5-10-25-13-16/h3-13,21,28H,14H2,1-2H3/t21-/m0/s1. The van der Waals surface area contributed by atoms with Crippen LogP contribution in [0.2, 0.25) is 0 Å². The number of ether oxygens (including phenoxy) is 1. The molecule has 1 N–H and O–H groups in total. The van der Waals surface area contributed by atoms with Crippen LogP contribution in [-0.4, -0.2) is 38.8 Å². The number of carbonyl (C=O) groups is 2. The number of aromatic nitrogens is 2. The number of hydrogen-bond acceptors (Lipinski definition) is 6. The number of aryl methyl sites for hydroxylation is 1. The van der Waals surface area contributed by atoms with E-state index in [1.807, 2.05) is 13.0 Å². The quantitative estimate of drug-likeness (QED) is 0.390. The molecular weight excluding hydrogens is 394 g/mol. The van der Waals surface area contributed by atoms with Crippen LogP contribution in [0.15, 0.2) is 72.7 Å². The molecule has 4 rings (SSSR count). The molecule has 0 saturated carbocycles. The van der Waals surface area contributed by atoms with E-state index in [1.165, 1.54) is 4.90 Å². The van der Waals surface area contributed by atoms with Crippen LogP contribution in [0.1, 0.15) is 28.4 Å². The van der Waals surface area contributed by atoms with Gasteiger partial charge in [-0.15, -0.1) is 0 Å². The van der Waals surface area contributed by atoms with Gasteiger partial charge in [-0.2, -0.15) is 0 Å². The molecule has 0 aliphatic carbocycles. The molecule has 1 aliphatic rings. The molecule has 156 valence electrons. The van der Waals surface area contributed by atoms with Gasteiger partial charge in [-0.25, -0.2) is 0 Å². The van der Waals surface area contributed by atoms with Crippen LogP contribution in [-0.2, 0) is 16.1 Å². The predicted octanol–water partition coefficient (Wildman–Crippen LogP) is 3.42. The molecule has 1 atom stereocenters. The monoisotopic (exact) mass is 415 g/mol. The molecule has 7 heteroatoms. The highest BCUT2D eigenvalue weighted by molar-refractivity contribution is 6.46. The number of pyridine rings is 2. The van der Waals surface area contributed by atoms with E-state index in [-0.39, 0.29) is 17.9 Å². The van der Waals surface area contributed by atoms with Gasteiger partial charge in [0.1, 0.15) is 17.6 Å². The molecule has 2 aromatic heterocycles. The molecule has 1 aromatic carbocycles. The number of likely N-dealkylation sites (tertiary alicyclic amines) is 1. The highest BCUT2D eigenvalue weighted by atomic mass is 16.5. The van der Waals surface area contributed by atoms with Crippen LogP contribution < -0.4 is 4.74 Å². The van der Waals surface area contributed by atoms with Crippen LogP contribution in [0.4, 0.5) is 0 Å². The fourth-order valence-electron chi connectivity index (χ4n) is 3.76. The van der Waals surface area contributed by atoms with Crippen LogP contribution in [0.3, 0.4) is 0 Å². The number of nitrogens with zero attached hydrogens (tertiary/aromatic N) is 3. The zero-order valence-electron chi connectivity index (χ0n) is 17.1. The Kier molecular flexibility index (Phi) is 5.49. The van der Waals surface area contributed by atoms with E-state index in [2.05, 4.69) is 9.97 Å². The minimum atomic E-state index is -0.816. The summed E-state index contributed by atoms with van der Waals surface area (Å²) >= 11 is 0. The Morgan fingerprint density at radius 2 is 1.97 bits per heavy atom. The lowest BCUT2D eigenvalue weighted by Crippen LogP contribution is -2.29. The van der Waals surface area contributed by atoms with Crippen molar-refractivity contribution in [2.24, 2.45) is 0 Å². The van der Waals surface area contributed by atoms with E-state index in [9.17, 15) is 14.7 Å². The van der Waals surface area contributed by atoms with Gasteiger partial charge < -0.3 is 14.7 Å². The van der Waals surface area contributed by atoms with Gasteiger partial charge in [-0.05, 0) is 54.4 Å². The number of Topliss-reactive ketones (excluding diaryl/α,β-unsaturated/α-hetero) is 1. The van der Waals surface area contributed by atoms with Crippen molar-refractivity contribution in [2.75, 3.05) is 7.11 Å². The van der Waals surface area contributed by atoms with Crippen molar-refractivity contribution >= 4 is 17.4 Å². The van der Waals surface area contributed by atoms with E-state index in [4.69, 9.17) is 4.74 Å². The molecule has 0 unspecified atom stereocenters. The first-order chi connectivity index (χ1) is 15.0. The number of ketones is 1. The fraction of sp³-hybridized carbons (Fsp3) is 0.167. The molecule has 31 heavy (non-hydrogen) atoms. The Bertz CT molecular complexity index is 1160. The lowest BCUT2D eigenvalue weighted by molar-refractivity contribution is -0.140. The highest BCUT2D eigenvalue weighted by Crippen LogP contribution is 2.39. The van der Waals surface area contributed by atoms with Crippen LogP contribution >= 0.6 is 0 Å². The average Bonchev–Trinajstić information content (AvgIpc) is 3.04. The van der Waals surface area contributed by atoms with E-state index in [0.717, 1.165) is 11.1 Å². The first kappa shape index (κ1) is 20.3. The van der Waals surface area contributed by atoms with E-state index < -0.39 is 17.7 Å². The summed E-state index contributed by atoms with van der Waals surface area (Å²) in [6, 6.07) is 13.1. The molecule has 0 radical (unpaired) electrons. The summed E-state index contributed by atoms with van der Waals surface area (Å²) in [5.74, 6) is -1.01. The Morgan fingerprint density at radius 3 is 2.61 bits per heavy atom. The second-order valence-corrected chi connectivity index (χ2v) is 7.23. The number of aliphatic hydroxyl groups excluding tert-OH is 1. The smallest absolute Gasteiger partial charge is 0.296 e. The first-order valence-electron chi connectivity index (χ1n) is 9.74. The van der Waals surface area contributed by atoms with Crippen LogP contribution in [0.5, 0.6) is 5.75 Å². The lowest BCUT2D eigenvalue weighted by atomic mass is 9.97. The lowest BCUT2D eigenvalue weighted by Gasteiger charge is -2.24. The molecule has 1 aliphatic heterocycles. The van der Waals surface area contributed by atoms with Crippen molar-refractivity contribution in [1.82, 2.24) is 14.9 Å². The highest BCUT2D eigenvalue weighted by Gasteiger charge is 2.46. The summed E-state index contributed by atoms with van der Waals surface area (Å²) in [4.78, 5) is 35.9. The van der Waals surface area contributed by atoms with Gasteiger partial charge in [0.05, 0.1) is 18.4 Å². The van der Waals surface area contributed by atoms with Gasteiger partial charge in [0.15, 0.2) is 0 Å². The first-order valence-corrected chi connectivity index (χ1v) is 9.74. The Labute approximate surface area is 179 Å².